The lowest BCUT2D eigenvalue weighted by atomic mass is 9.99. The molecule has 7 nitrogen and oxygen atoms in total. The predicted molar refractivity (Wildman–Crippen MR) is 105 cm³/mol. The van der Waals surface area contributed by atoms with Crippen molar-refractivity contribution in [2.45, 2.75) is 12.8 Å². The third-order valence-corrected chi connectivity index (χ3v) is 4.59. The number of amides is 1. The van der Waals surface area contributed by atoms with Crippen molar-refractivity contribution in [3.63, 3.8) is 0 Å². The second-order valence-electron chi connectivity index (χ2n) is 6.46. The summed E-state index contributed by atoms with van der Waals surface area (Å²) in [5.41, 5.74) is 2.13. The Balaban J connectivity index is 1.66. The lowest BCUT2D eigenvalue weighted by Crippen LogP contribution is -2.15. The zero-order valence-electron chi connectivity index (χ0n) is 15.9. The summed E-state index contributed by atoms with van der Waals surface area (Å²) in [5.74, 6) is -1.14. The number of benzene rings is 2. The molecule has 1 N–H and O–H groups in total. The largest absolute Gasteiger partial charge is 0.497 e. The number of methoxy groups -OCH3 is 1. The van der Waals surface area contributed by atoms with Crippen LogP contribution in [0.15, 0.2) is 48.0 Å². The number of hydrogen-bond acceptors (Lipinski definition) is 6. The van der Waals surface area contributed by atoms with Gasteiger partial charge in [0.15, 0.2) is 12.4 Å². The Morgan fingerprint density at radius 1 is 1.21 bits per heavy atom. The van der Waals surface area contributed by atoms with E-state index in [1.165, 1.54) is 13.2 Å². The third-order valence-electron chi connectivity index (χ3n) is 4.59. The van der Waals surface area contributed by atoms with E-state index >= 15 is 0 Å². The Hall–Kier alpha value is -3.92. The highest BCUT2D eigenvalue weighted by Gasteiger charge is 2.27. The molecular formula is C22H18N2O5. The van der Waals surface area contributed by atoms with E-state index in [0.717, 1.165) is 5.56 Å². The molecule has 0 bridgehead atoms. The molecule has 1 aliphatic heterocycles. The number of rotatable bonds is 6. The molecule has 2 aromatic carbocycles. The second-order valence-corrected chi connectivity index (χ2v) is 6.46. The van der Waals surface area contributed by atoms with E-state index in [-0.39, 0.29) is 17.4 Å². The maximum atomic E-state index is 12.4. The molecule has 0 aromatic heterocycles. The topological polar surface area (TPSA) is 105 Å². The van der Waals surface area contributed by atoms with E-state index < -0.39 is 18.4 Å². The molecule has 3 rings (SSSR count). The fourth-order valence-corrected chi connectivity index (χ4v) is 2.89. The van der Waals surface area contributed by atoms with Crippen molar-refractivity contribution in [2.75, 3.05) is 19.0 Å². The van der Waals surface area contributed by atoms with Crippen molar-refractivity contribution in [3.05, 3.63) is 64.7 Å². The lowest BCUT2D eigenvalue weighted by molar-refractivity contribution is -0.137. The third kappa shape index (κ3) is 4.33. The summed E-state index contributed by atoms with van der Waals surface area (Å²) in [6, 6.07) is 13.4. The highest BCUT2D eigenvalue weighted by molar-refractivity contribution is 6.05. The Morgan fingerprint density at radius 2 is 1.93 bits per heavy atom. The van der Waals surface area contributed by atoms with Gasteiger partial charge >= 0.3 is 5.97 Å². The second kappa shape index (κ2) is 8.40. The molecule has 0 fully saturated rings. The van der Waals surface area contributed by atoms with Gasteiger partial charge in [-0.25, -0.2) is 4.79 Å². The molecule has 1 atom stereocenters. The molecule has 7 heteroatoms. The molecule has 29 heavy (non-hydrogen) atoms. The normalized spacial score (nSPS) is 15.1. The van der Waals surface area contributed by atoms with Gasteiger partial charge in [0.1, 0.15) is 17.4 Å². The highest BCUT2D eigenvalue weighted by Crippen LogP contribution is 2.32. The highest BCUT2D eigenvalue weighted by atomic mass is 16.5. The summed E-state index contributed by atoms with van der Waals surface area (Å²) in [6.07, 6.45) is 1.38. The maximum absolute atomic E-state index is 12.4. The van der Waals surface area contributed by atoms with Gasteiger partial charge in [0.25, 0.3) is 0 Å². The molecule has 2 aromatic rings. The number of anilines is 1. The number of hydrogen-bond donors (Lipinski definition) is 1. The summed E-state index contributed by atoms with van der Waals surface area (Å²) in [5, 5.41) is 12.0. The standard InChI is InChI=1S/C22H18N2O5/c1-13-18-10-15(5-8-19(18)24-21(13)26)20(25)12-29-22(27)16(11-23)9-14-3-6-17(28-2)7-4-14/h3-10,13H,12H2,1-2H3,(H,24,26)/b16-9+/t13-/m1/s1. The Bertz CT molecular complexity index is 1050. The molecule has 0 saturated carbocycles. The molecule has 1 aliphatic rings. The van der Waals surface area contributed by atoms with E-state index in [2.05, 4.69) is 5.32 Å². The van der Waals surface area contributed by atoms with E-state index in [0.29, 0.717) is 22.6 Å². The molecular weight excluding hydrogens is 372 g/mol. The van der Waals surface area contributed by atoms with Gasteiger partial charge in [-0.3, -0.25) is 9.59 Å². The van der Waals surface area contributed by atoms with Crippen molar-refractivity contribution < 1.29 is 23.9 Å². The van der Waals surface area contributed by atoms with E-state index in [9.17, 15) is 19.6 Å². The van der Waals surface area contributed by atoms with Crippen molar-refractivity contribution >= 4 is 29.4 Å². The van der Waals surface area contributed by atoms with E-state index in [4.69, 9.17) is 9.47 Å². The van der Waals surface area contributed by atoms with Crippen molar-refractivity contribution in [3.8, 4) is 11.8 Å². The van der Waals surface area contributed by atoms with Crippen LogP contribution in [0.5, 0.6) is 5.75 Å². The van der Waals surface area contributed by atoms with E-state index in [1.807, 2.05) is 0 Å². The van der Waals surface area contributed by atoms with Crippen LogP contribution in [0.3, 0.4) is 0 Å². The van der Waals surface area contributed by atoms with Crippen LogP contribution in [0.25, 0.3) is 6.08 Å². The molecule has 0 unspecified atom stereocenters. The minimum Gasteiger partial charge on any atom is -0.497 e. The Labute approximate surface area is 167 Å². The molecule has 0 aliphatic carbocycles. The molecule has 146 valence electrons. The van der Waals surface area contributed by atoms with Gasteiger partial charge in [0.2, 0.25) is 5.91 Å². The van der Waals surface area contributed by atoms with Crippen LogP contribution in [0.2, 0.25) is 0 Å². The minimum atomic E-state index is -0.886. The van der Waals surface area contributed by atoms with Crippen LogP contribution in [-0.2, 0) is 14.3 Å². The van der Waals surface area contributed by atoms with Crippen molar-refractivity contribution in [1.29, 1.82) is 5.26 Å². The van der Waals surface area contributed by atoms with Gasteiger partial charge in [-0.2, -0.15) is 5.26 Å². The number of nitriles is 1. The summed E-state index contributed by atoms with van der Waals surface area (Å²) >= 11 is 0. The summed E-state index contributed by atoms with van der Waals surface area (Å²) in [4.78, 5) is 36.3. The molecule has 0 spiro atoms. The number of nitrogens with one attached hydrogen (secondary N) is 1. The monoisotopic (exact) mass is 390 g/mol. The van der Waals surface area contributed by atoms with Crippen LogP contribution < -0.4 is 10.1 Å². The predicted octanol–water partition coefficient (Wildman–Crippen LogP) is 3.08. The van der Waals surface area contributed by atoms with Gasteiger partial charge in [-0.1, -0.05) is 12.1 Å². The Kier molecular flexibility index (Phi) is 5.74. The lowest BCUT2D eigenvalue weighted by Gasteiger charge is -2.07. The van der Waals surface area contributed by atoms with Gasteiger partial charge in [0, 0.05) is 11.3 Å². The number of Topliss-reactive ketones (excluding diaryl/α,β-unsaturated/α-hetero) is 1. The van der Waals surface area contributed by atoms with Crippen LogP contribution in [0.4, 0.5) is 5.69 Å². The first-order chi connectivity index (χ1) is 13.9. The number of carbonyl (C=O) groups is 3. The number of nitrogens with zero attached hydrogens (tertiary/aromatic N) is 1. The van der Waals surface area contributed by atoms with Gasteiger partial charge < -0.3 is 14.8 Å². The minimum absolute atomic E-state index is 0.127. The van der Waals surface area contributed by atoms with Crippen molar-refractivity contribution in [2.24, 2.45) is 0 Å². The molecule has 1 amide bonds. The maximum Gasteiger partial charge on any atom is 0.349 e. The number of ketones is 1. The first-order valence-electron chi connectivity index (χ1n) is 8.84. The van der Waals surface area contributed by atoms with E-state index in [1.54, 1.807) is 55.5 Å². The average molecular weight is 390 g/mol. The molecule has 0 saturated heterocycles. The number of ether oxygens (including phenoxy) is 2. The zero-order valence-corrected chi connectivity index (χ0v) is 15.9. The Morgan fingerprint density at radius 3 is 2.59 bits per heavy atom. The molecule has 0 radical (unpaired) electrons. The van der Waals surface area contributed by atoms with Gasteiger partial charge in [-0.15, -0.1) is 0 Å². The fraction of sp³-hybridized carbons (Fsp3) is 0.182. The first kappa shape index (κ1) is 19.8. The van der Waals surface area contributed by atoms with Crippen LogP contribution in [0.1, 0.15) is 34.3 Å². The van der Waals surface area contributed by atoms with Gasteiger partial charge in [-0.05, 0) is 54.5 Å². The molecule has 1 heterocycles. The van der Waals surface area contributed by atoms with Crippen LogP contribution in [0, 0.1) is 11.3 Å². The average Bonchev–Trinajstić information content (AvgIpc) is 3.03. The first-order valence-corrected chi connectivity index (χ1v) is 8.84. The van der Waals surface area contributed by atoms with Crippen LogP contribution >= 0.6 is 0 Å². The van der Waals surface area contributed by atoms with Gasteiger partial charge in [0.05, 0.1) is 13.0 Å². The number of esters is 1. The summed E-state index contributed by atoms with van der Waals surface area (Å²) in [7, 11) is 1.54. The summed E-state index contributed by atoms with van der Waals surface area (Å²) in [6.45, 7) is 1.24. The number of carbonyl (C=O) groups excluding carboxylic acids is 3. The quantitative estimate of drug-likeness (QED) is 0.352. The number of fused-ring (bicyclic) bond motifs is 1. The fourth-order valence-electron chi connectivity index (χ4n) is 2.89. The SMILES string of the molecule is COc1ccc(/C=C(\C#N)C(=O)OCC(=O)c2ccc3c(c2)[C@@H](C)C(=O)N3)cc1. The smallest absolute Gasteiger partial charge is 0.349 e. The van der Waals surface area contributed by atoms with Crippen LogP contribution in [-0.4, -0.2) is 31.4 Å². The summed E-state index contributed by atoms with van der Waals surface area (Å²) < 4.78 is 10.1. The van der Waals surface area contributed by atoms with Crippen molar-refractivity contribution in [1.82, 2.24) is 0 Å². The zero-order chi connectivity index (χ0) is 21.0.